The number of aromatic nitrogens is 1. The second kappa shape index (κ2) is 7.92. The summed E-state index contributed by atoms with van der Waals surface area (Å²) in [5.74, 6) is 1.26. The Labute approximate surface area is 145 Å². The third-order valence-corrected chi connectivity index (χ3v) is 5.53. The fraction of sp³-hybridized carbons (Fsp3) is 0.500. The van der Waals surface area contributed by atoms with Crippen molar-refractivity contribution >= 4 is 0 Å². The van der Waals surface area contributed by atoms with Gasteiger partial charge in [0.05, 0.1) is 5.69 Å². The number of hydrogen-bond donors (Lipinski definition) is 0. The third kappa shape index (κ3) is 3.85. The van der Waals surface area contributed by atoms with Crippen LogP contribution < -0.4 is 0 Å². The predicted octanol–water partition coefficient (Wildman–Crippen LogP) is 6.52. The lowest BCUT2D eigenvalue weighted by molar-refractivity contribution is 0.318. The van der Waals surface area contributed by atoms with Crippen LogP contribution in [0, 0.1) is 11.7 Å². The smallest absolute Gasteiger partial charge is 0.132 e. The van der Waals surface area contributed by atoms with E-state index in [0.29, 0.717) is 11.5 Å². The highest BCUT2D eigenvalue weighted by molar-refractivity contribution is 5.60. The molecule has 2 aromatic rings. The van der Waals surface area contributed by atoms with Crippen molar-refractivity contribution in [2.45, 2.75) is 64.7 Å². The molecule has 0 spiro atoms. The van der Waals surface area contributed by atoms with Gasteiger partial charge in [0.1, 0.15) is 5.82 Å². The molecule has 0 radical (unpaired) electrons. The van der Waals surface area contributed by atoms with Crippen LogP contribution in [-0.4, -0.2) is 4.98 Å². The molecule has 1 aromatic carbocycles. The summed E-state index contributed by atoms with van der Waals surface area (Å²) in [5.41, 5.74) is 3.72. The van der Waals surface area contributed by atoms with Crippen LogP contribution in [-0.2, 0) is 6.42 Å². The maximum Gasteiger partial charge on any atom is 0.132 e. The van der Waals surface area contributed by atoms with Crippen molar-refractivity contribution in [3.63, 3.8) is 0 Å². The Kier molecular flexibility index (Phi) is 5.65. The molecular formula is C22H28FN. The highest BCUT2D eigenvalue weighted by Crippen LogP contribution is 2.38. The zero-order valence-corrected chi connectivity index (χ0v) is 14.9. The topological polar surface area (TPSA) is 12.9 Å². The summed E-state index contributed by atoms with van der Waals surface area (Å²) in [6.45, 7) is 4.43. The van der Waals surface area contributed by atoms with Gasteiger partial charge in [0, 0.05) is 11.8 Å². The van der Waals surface area contributed by atoms with E-state index in [4.69, 9.17) is 0 Å². The SMILES string of the molecule is CCCc1ccc(-c2ccc([C@H]3CC[C@H](CC)CC3)cc2F)nc1. The first-order valence-corrected chi connectivity index (χ1v) is 9.46. The largest absolute Gasteiger partial charge is 0.256 e. The van der Waals surface area contributed by atoms with Gasteiger partial charge in [0.15, 0.2) is 0 Å². The number of hydrogen-bond acceptors (Lipinski definition) is 1. The summed E-state index contributed by atoms with van der Waals surface area (Å²) < 4.78 is 14.6. The van der Waals surface area contributed by atoms with Crippen LogP contribution in [0.2, 0.25) is 0 Å². The number of benzene rings is 1. The molecule has 0 saturated heterocycles. The van der Waals surface area contributed by atoms with Crippen molar-refractivity contribution in [2.75, 3.05) is 0 Å². The van der Waals surface area contributed by atoms with Crippen LogP contribution in [0.3, 0.4) is 0 Å². The zero-order chi connectivity index (χ0) is 16.9. The lowest BCUT2D eigenvalue weighted by Crippen LogP contribution is -2.12. The fourth-order valence-electron chi connectivity index (χ4n) is 3.92. The Morgan fingerprint density at radius 1 is 1.04 bits per heavy atom. The van der Waals surface area contributed by atoms with Gasteiger partial charge in [0.2, 0.25) is 0 Å². The van der Waals surface area contributed by atoms with Crippen molar-refractivity contribution in [3.05, 3.63) is 53.5 Å². The monoisotopic (exact) mass is 325 g/mol. The first kappa shape index (κ1) is 17.1. The van der Waals surface area contributed by atoms with E-state index in [1.807, 2.05) is 18.3 Å². The first-order chi connectivity index (χ1) is 11.7. The van der Waals surface area contributed by atoms with Gasteiger partial charge < -0.3 is 0 Å². The van der Waals surface area contributed by atoms with Crippen molar-refractivity contribution in [1.29, 1.82) is 0 Å². The molecule has 0 N–H and O–H groups in total. The molecule has 1 fully saturated rings. The summed E-state index contributed by atoms with van der Waals surface area (Å²) >= 11 is 0. The van der Waals surface area contributed by atoms with Gasteiger partial charge in [0.25, 0.3) is 0 Å². The Morgan fingerprint density at radius 3 is 2.42 bits per heavy atom. The zero-order valence-electron chi connectivity index (χ0n) is 14.9. The lowest BCUT2D eigenvalue weighted by Gasteiger charge is -2.28. The number of aryl methyl sites for hydroxylation is 1. The average molecular weight is 325 g/mol. The Balaban J connectivity index is 1.75. The summed E-state index contributed by atoms with van der Waals surface area (Å²) in [6.07, 6.45) is 10.2. The average Bonchev–Trinajstić information content (AvgIpc) is 2.63. The fourth-order valence-corrected chi connectivity index (χ4v) is 3.92. The molecule has 0 aliphatic heterocycles. The van der Waals surface area contributed by atoms with Crippen LogP contribution in [0.1, 0.15) is 69.4 Å². The van der Waals surface area contributed by atoms with Crippen LogP contribution in [0.5, 0.6) is 0 Å². The molecule has 0 bridgehead atoms. The second-order valence-corrected chi connectivity index (χ2v) is 7.17. The van der Waals surface area contributed by atoms with E-state index in [2.05, 4.69) is 31.0 Å². The number of halogens is 1. The third-order valence-electron chi connectivity index (χ3n) is 5.53. The van der Waals surface area contributed by atoms with Crippen LogP contribution in [0.25, 0.3) is 11.3 Å². The molecule has 1 aliphatic carbocycles. The van der Waals surface area contributed by atoms with Crippen LogP contribution in [0.15, 0.2) is 36.5 Å². The van der Waals surface area contributed by atoms with Crippen molar-refractivity contribution in [1.82, 2.24) is 4.98 Å². The summed E-state index contributed by atoms with van der Waals surface area (Å²) in [4.78, 5) is 4.45. The van der Waals surface area contributed by atoms with Crippen molar-refractivity contribution in [2.24, 2.45) is 5.92 Å². The second-order valence-electron chi connectivity index (χ2n) is 7.17. The summed E-state index contributed by atoms with van der Waals surface area (Å²) in [7, 11) is 0. The van der Waals surface area contributed by atoms with Gasteiger partial charge in [-0.3, -0.25) is 4.98 Å². The normalized spacial score (nSPS) is 21.0. The highest BCUT2D eigenvalue weighted by atomic mass is 19.1. The van der Waals surface area contributed by atoms with Gasteiger partial charge in [-0.2, -0.15) is 0 Å². The molecule has 1 nitrogen and oxygen atoms in total. The Morgan fingerprint density at radius 2 is 1.83 bits per heavy atom. The van der Waals surface area contributed by atoms with E-state index in [-0.39, 0.29) is 5.82 Å². The Bertz CT molecular complexity index is 654. The maximum atomic E-state index is 14.6. The van der Waals surface area contributed by atoms with Gasteiger partial charge in [-0.1, -0.05) is 38.8 Å². The minimum absolute atomic E-state index is 0.138. The molecule has 3 rings (SSSR count). The molecule has 128 valence electrons. The van der Waals surface area contributed by atoms with Crippen molar-refractivity contribution in [3.8, 4) is 11.3 Å². The number of rotatable bonds is 5. The van der Waals surface area contributed by atoms with E-state index >= 15 is 0 Å². The van der Waals surface area contributed by atoms with Crippen molar-refractivity contribution < 1.29 is 4.39 Å². The van der Waals surface area contributed by atoms with E-state index in [0.717, 1.165) is 30.0 Å². The number of nitrogens with zero attached hydrogens (tertiary/aromatic N) is 1. The molecule has 1 aliphatic rings. The molecule has 2 heteroatoms. The molecule has 0 amide bonds. The molecule has 1 saturated carbocycles. The highest BCUT2D eigenvalue weighted by Gasteiger charge is 2.22. The van der Waals surface area contributed by atoms with Gasteiger partial charge in [-0.05, 0) is 73.3 Å². The summed E-state index contributed by atoms with van der Waals surface area (Å²) in [5, 5.41) is 0. The molecular weight excluding hydrogens is 297 g/mol. The standard InChI is InChI=1S/C22H28FN/c1-3-5-17-8-13-22(24-15-17)20-12-11-19(14-21(20)23)18-9-6-16(4-2)7-10-18/h8,11-16,18H,3-7,9-10H2,1-2H3/t16-,18-. The first-order valence-electron chi connectivity index (χ1n) is 9.46. The molecule has 0 unspecified atom stereocenters. The van der Waals surface area contributed by atoms with E-state index < -0.39 is 0 Å². The quantitative estimate of drug-likeness (QED) is 0.609. The molecule has 1 heterocycles. The maximum absolute atomic E-state index is 14.6. The van der Waals surface area contributed by atoms with Crippen LogP contribution in [0.4, 0.5) is 4.39 Å². The van der Waals surface area contributed by atoms with Crippen LogP contribution >= 0.6 is 0 Å². The predicted molar refractivity (Wildman–Crippen MR) is 98.6 cm³/mol. The molecule has 1 aromatic heterocycles. The van der Waals surface area contributed by atoms with E-state index in [1.165, 1.54) is 37.7 Å². The van der Waals surface area contributed by atoms with E-state index in [1.54, 1.807) is 6.07 Å². The van der Waals surface area contributed by atoms with Gasteiger partial charge >= 0.3 is 0 Å². The minimum atomic E-state index is -0.138. The van der Waals surface area contributed by atoms with E-state index in [9.17, 15) is 4.39 Å². The van der Waals surface area contributed by atoms with Gasteiger partial charge in [-0.15, -0.1) is 0 Å². The molecule has 24 heavy (non-hydrogen) atoms. The number of pyridine rings is 1. The van der Waals surface area contributed by atoms with Gasteiger partial charge in [-0.25, -0.2) is 4.39 Å². The summed E-state index contributed by atoms with van der Waals surface area (Å²) in [6, 6.07) is 9.77. The Hall–Kier alpha value is -1.70. The lowest BCUT2D eigenvalue weighted by atomic mass is 9.77. The molecule has 0 atom stereocenters. The minimum Gasteiger partial charge on any atom is -0.256 e.